The molecule has 5 nitrogen and oxygen atoms in total. The third kappa shape index (κ3) is 3.80. The van der Waals surface area contributed by atoms with E-state index >= 15 is 0 Å². The van der Waals surface area contributed by atoms with Crippen molar-refractivity contribution >= 4 is 77.4 Å². The molecule has 51 heavy (non-hydrogen) atoms. The molecule has 0 spiro atoms. The zero-order valence-electron chi connectivity index (χ0n) is 27.1. The van der Waals surface area contributed by atoms with Gasteiger partial charge in [0.1, 0.15) is 5.52 Å². The SMILES string of the molecule is C1=CC2c3ccccc3SC2C(c2nc(-c3cccc(-c4ccc5c(c4)c4c6ocnc6cc6c7ccccc7n5c64)c3)nc3ccccc23)=C1. The Kier molecular flexibility index (Phi) is 5.49. The lowest BCUT2D eigenvalue weighted by atomic mass is 9.86. The minimum absolute atomic E-state index is 0.272. The maximum atomic E-state index is 6.05. The number of benzene rings is 6. The van der Waals surface area contributed by atoms with Gasteiger partial charge in [0.25, 0.3) is 0 Å². The van der Waals surface area contributed by atoms with Crippen LogP contribution in [0.3, 0.4) is 0 Å². The standard InChI is InChI=1S/C45H26N4OS/c1-4-16-35-31(13-1)41(32-15-8-14-30-29-12-3-6-18-39(29)51-44(30)32)48-45(47-35)27-10-7-9-25(21-27)26-19-20-38-34(22-26)40-42-33(23-36-43(40)50-24-46-36)28-11-2-5-17-37(28)49(38)42/h1-24,30,44H. The molecule has 0 N–H and O–H groups in total. The maximum Gasteiger partial charge on any atom is 0.182 e. The summed E-state index contributed by atoms with van der Waals surface area (Å²) in [5.74, 6) is 1.06. The number of fused-ring (bicyclic) bond motifs is 12. The van der Waals surface area contributed by atoms with Crippen LogP contribution in [0.1, 0.15) is 17.2 Å². The van der Waals surface area contributed by atoms with Crippen LogP contribution in [0.15, 0.2) is 155 Å². The molecule has 0 bridgehead atoms. The summed E-state index contributed by atoms with van der Waals surface area (Å²) in [6, 6.07) is 43.4. The van der Waals surface area contributed by atoms with Gasteiger partial charge < -0.3 is 8.82 Å². The van der Waals surface area contributed by atoms with Crippen LogP contribution in [0.4, 0.5) is 0 Å². The summed E-state index contributed by atoms with van der Waals surface area (Å²) in [5.41, 5.74) is 13.1. The molecule has 0 radical (unpaired) electrons. The van der Waals surface area contributed by atoms with Gasteiger partial charge in [-0.05, 0) is 64.7 Å². The highest BCUT2D eigenvalue weighted by atomic mass is 32.2. The lowest BCUT2D eigenvalue weighted by Crippen LogP contribution is -2.15. The number of oxazole rings is 1. The first-order valence-corrected chi connectivity index (χ1v) is 18.1. The lowest BCUT2D eigenvalue weighted by molar-refractivity contribution is 0.605. The summed E-state index contributed by atoms with van der Waals surface area (Å²) in [4.78, 5) is 16.4. The van der Waals surface area contributed by atoms with Crippen LogP contribution < -0.4 is 0 Å². The molecule has 2 aliphatic rings. The van der Waals surface area contributed by atoms with Crippen molar-refractivity contribution in [1.82, 2.24) is 19.4 Å². The summed E-state index contributed by atoms with van der Waals surface area (Å²) in [5, 5.41) is 6.03. The Balaban J connectivity index is 1.02. The largest absolute Gasteiger partial charge is 0.443 e. The highest BCUT2D eigenvalue weighted by molar-refractivity contribution is 8.00. The second kappa shape index (κ2) is 10.2. The Labute approximate surface area is 295 Å². The summed E-state index contributed by atoms with van der Waals surface area (Å²) in [6.07, 6.45) is 8.35. The van der Waals surface area contributed by atoms with E-state index < -0.39 is 0 Å². The quantitative estimate of drug-likeness (QED) is 0.187. The van der Waals surface area contributed by atoms with E-state index in [0.29, 0.717) is 5.92 Å². The van der Waals surface area contributed by atoms with Crippen molar-refractivity contribution in [3.05, 3.63) is 157 Å². The fourth-order valence-corrected chi connectivity index (χ4v) is 10.1. The van der Waals surface area contributed by atoms with Crippen LogP contribution in [-0.2, 0) is 0 Å². The number of hydrogen-bond acceptors (Lipinski definition) is 5. The van der Waals surface area contributed by atoms with Crippen molar-refractivity contribution in [2.24, 2.45) is 0 Å². The first kappa shape index (κ1) is 27.6. The molecule has 238 valence electrons. The van der Waals surface area contributed by atoms with Gasteiger partial charge in [0.2, 0.25) is 0 Å². The van der Waals surface area contributed by atoms with Crippen molar-refractivity contribution < 1.29 is 4.42 Å². The molecule has 1 aliphatic carbocycles. The molecule has 0 saturated heterocycles. The molecule has 0 amide bonds. The lowest BCUT2D eigenvalue weighted by Gasteiger charge is -2.24. The highest BCUT2D eigenvalue weighted by Crippen LogP contribution is 2.53. The van der Waals surface area contributed by atoms with Crippen molar-refractivity contribution in [1.29, 1.82) is 0 Å². The van der Waals surface area contributed by atoms with E-state index in [9.17, 15) is 0 Å². The summed E-state index contributed by atoms with van der Waals surface area (Å²) >= 11 is 1.95. The molecular weight excluding hydrogens is 645 g/mol. The van der Waals surface area contributed by atoms with Crippen LogP contribution in [0.5, 0.6) is 0 Å². The maximum absolute atomic E-state index is 6.05. The average molecular weight is 671 g/mol. The highest BCUT2D eigenvalue weighted by Gasteiger charge is 2.37. The molecule has 6 heteroatoms. The molecule has 10 aromatic rings. The second-order valence-electron chi connectivity index (χ2n) is 13.5. The Morgan fingerprint density at radius 1 is 0.647 bits per heavy atom. The zero-order chi connectivity index (χ0) is 33.2. The number of aromatic nitrogens is 4. The monoisotopic (exact) mass is 670 g/mol. The second-order valence-corrected chi connectivity index (χ2v) is 14.7. The van der Waals surface area contributed by atoms with E-state index in [1.807, 2.05) is 11.8 Å². The Morgan fingerprint density at radius 3 is 2.45 bits per heavy atom. The number of allylic oxidation sites excluding steroid dienone is 3. The third-order valence-electron chi connectivity index (χ3n) is 10.9. The van der Waals surface area contributed by atoms with Gasteiger partial charge >= 0.3 is 0 Å². The van der Waals surface area contributed by atoms with E-state index in [-0.39, 0.29) is 5.25 Å². The summed E-state index contributed by atoms with van der Waals surface area (Å²) in [7, 11) is 0. The normalized spacial score (nSPS) is 17.0. The van der Waals surface area contributed by atoms with Crippen molar-refractivity contribution in [2.75, 3.05) is 0 Å². The smallest absolute Gasteiger partial charge is 0.182 e. The molecule has 5 heterocycles. The summed E-state index contributed by atoms with van der Waals surface area (Å²) in [6.45, 7) is 0. The fraction of sp³-hybridized carbons (Fsp3) is 0.0444. The van der Waals surface area contributed by atoms with Crippen LogP contribution in [0.25, 0.3) is 88.2 Å². The van der Waals surface area contributed by atoms with Crippen molar-refractivity contribution in [3.63, 3.8) is 0 Å². The molecule has 12 rings (SSSR count). The summed E-state index contributed by atoms with van der Waals surface area (Å²) < 4.78 is 8.42. The number of rotatable bonds is 3. The van der Waals surface area contributed by atoms with Gasteiger partial charge in [0.05, 0.1) is 33.1 Å². The van der Waals surface area contributed by atoms with E-state index in [1.54, 1.807) is 6.39 Å². The number of hydrogen-bond donors (Lipinski definition) is 0. The molecule has 0 fully saturated rings. The predicted octanol–water partition coefficient (Wildman–Crippen LogP) is 11.5. The fourth-order valence-electron chi connectivity index (χ4n) is 8.61. The molecule has 6 aromatic carbocycles. The molecule has 1 aliphatic heterocycles. The van der Waals surface area contributed by atoms with Gasteiger partial charge in [-0.25, -0.2) is 15.0 Å². The Hall–Kier alpha value is -6.24. The minimum Gasteiger partial charge on any atom is -0.443 e. The predicted molar refractivity (Wildman–Crippen MR) is 209 cm³/mol. The third-order valence-corrected chi connectivity index (χ3v) is 12.3. The minimum atomic E-state index is 0.272. The van der Waals surface area contributed by atoms with Crippen molar-refractivity contribution in [3.8, 4) is 22.5 Å². The Bertz CT molecular complexity index is 3150. The van der Waals surface area contributed by atoms with E-state index in [0.717, 1.165) is 66.5 Å². The van der Waals surface area contributed by atoms with Gasteiger partial charge in [-0.15, -0.1) is 11.8 Å². The van der Waals surface area contributed by atoms with Gasteiger partial charge in [-0.1, -0.05) is 97.1 Å². The number of nitrogens with zero attached hydrogens (tertiary/aromatic N) is 4. The molecule has 2 unspecified atom stereocenters. The molecular formula is C45H26N4OS. The average Bonchev–Trinajstić information content (AvgIpc) is 3.97. The first-order valence-electron chi connectivity index (χ1n) is 17.2. The Morgan fingerprint density at radius 2 is 1.47 bits per heavy atom. The van der Waals surface area contributed by atoms with E-state index in [4.69, 9.17) is 14.4 Å². The molecule has 4 aromatic heterocycles. The topological polar surface area (TPSA) is 56.2 Å². The van der Waals surface area contributed by atoms with Gasteiger partial charge in [0.15, 0.2) is 17.8 Å². The van der Waals surface area contributed by atoms with Gasteiger partial charge in [-0.2, -0.15) is 0 Å². The van der Waals surface area contributed by atoms with Crippen LogP contribution in [0.2, 0.25) is 0 Å². The first-order chi connectivity index (χ1) is 25.3. The van der Waals surface area contributed by atoms with Crippen LogP contribution in [-0.4, -0.2) is 24.6 Å². The zero-order valence-corrected chi connectivity index (χ0v) is 27.9. The van der Waals surface area contributed by atoms with Crippen LogP contribution >= 0.6 is 11.8 Å². The van der Waals surface area contributed by atoms with Gasteiger partial charge in [0, 0.05) is 43.2 Å². The van der Waals surface area contributed by atoms with Gasteiger partial charge in [-0.3, -0.25) is 0 Å². The van der Waals surface area contributed by atoms with Crippen LogP contribution in [0, 0.1) is 0 Å². The molecule has 2 atom stereocenters. The van der Waals surface area contributed by atoms with E-state index in [2.05, 4.69) is 149 Å². The van der Waals surface area contributed by atoms with E-state index in [1.165, 1.54) is 37.8 Å². The van der Waals surface area contributed by atoms with Crippen molar-refractivity contribution in [2.45, 2.75) is 16.1 Å². The number of thioether (sulfide) groups is 1. The molecule has 0 saturated carbocycles. The number of para-hydroxylation sites is 2.